The molecule has 0 aromatic carbocycles. The Balaban J connectivity index is 1.28. The van der Waals surface area contributed by atoms with E-state index in [1.807, 2.05) is 17.4 Å². The van der Waals surface area contributed by atoms with Gasteiger partial charge in [0.1, 0.15) is 0 Å². The number of nitrogens with zero attached hydrogens (tertiary/aromatic N) is 4. The summed E-state index contributed by atoms with van der Waals surface area (Å²) in [6.07, 6.45) is 10.8. The fraction of sp³-hybridized carbons (Fsp3) is 0.667. The first kappa shape index (κ1) is 17.6. The third-order valence-corrected chi connectivity index (χ3v) is 7.60. The van der Waals surface area contributed by atoms with Crippen molar-refractivity contribution in [1.29, 1.82) is 0 Å². The molecule has 2 fully saturated rings. The molecule has 1 aliphatic heterocycles. The van der Waals surface area contributed by atoms with Crippen LogP contribution in [0.15, 0.2) is 16.2 Å². The van der Waals surface area contributed by atoms with Gasteiger partial charge in [0.25, 0.3) is 5.56 Å². The number of fused-ring (bicyclic) bond motifs is 1. The van der Waals surface area contributed by atoms with E-state index in [4.69, 9.17) is 4.98 Å². The largest absolute Gasteiger partial charge is 0.293 e. The van der Waals surface area contributed by atoms with Gasteiger partial charge in [0, 0.05) is 30.0 Å². The number of rotatable bonds is 5. The lowest BCUT2D eigenvalue weighted by Crippen LogP contribution is -2.37. The topological polar surface area (TPSA) is 51.0 Å². The van der Waals surface area contributed by atoms with Crippen LogP contribution in [0.5, 0.6) is 0 Å². The Labute approximate surface area is 164 Å². The molecule has 5 rings (SSSR count). The van der Waals surface area contributed by atoms with Crippen LogP contribution in [0.25, 0.3) is 0 Å². The van der Waals surface area contributed by atoms with Gasteiger partial charge in [-0.25, -0.2) is 9.67 Å². The van der Waals surface area contributed by atoms with Crippen molar-refractivity contribution < 1.29 is 0 Å². The third kappa shape index (κ3) is 3.61. The smallest absolute Gasteiger partial charge is 0.267 e. The molecule has 0 amide bonds. The molecule has 144 valence electrons. The van der Waals surface area contributed by atoms with E-state index in [0.717, 1.165) is 44.5 Å². The summed E-state index contributed by atoms with van der Waals surface area (Å²) in [5.41, 5.74) is 3.59. The van der Waals surface area contributed by atoms with Crippen LogP contribution in [-0.2, 0) is 25.9 Å². The van der Waals surface area contributed by atoms with Crippen molar-refractivity contribution in [2.75, 3.05) is 6.54 Å². The second kappa shape index (κ2) is 7.47. The highest BCUT2D eigenvalue weighted by molar-refractivity contribution is 7.09. The molecular formula is C21H28N4OS. The summed E-state index contributed by atoms with van der Waals surface area (Å²) in [4.78, 5) is 19.9. The molecule has 3 aliphatic rings. The second-order valence-corrected chi connectivity index (χ2v) is 9.30. The van der Waals surface area contributed by atoms with Crippen LogP contribution in [0.4, 0.5) is 0 Å². The Bertz CT molecular complexity index is 867. The van der Waals surface area contributed by atoms with E-state index in [-0.39, 0.29) is 5.56 Å². The van der Waals surface area contributed by atoms with Crippen LogP contribution in [0.2, 0.25) is 0 Å². The molecule has 1 saturated carbocycles. The Kier molecular flexibility index (Phi) is 4.86. The van der Waals surface area contributed by atoms with E-state index in [2.05, 4.69) is 15.4 Å². The fourth-order valence-electron chi connectivity index (χ4n) is 5.04. The number of likely N-dealkylation sites (tertiary alicyclic amines) is 1. The van der Waals surface area contributed by atoms with Crippen LogP contribution in [-0.4, -0.2) is 32.3 Å². The van der Waals surface area contributed by atoms with E-state index in [1.165, 1.54) is 48.4 Å². The van der Waals surface area contributed by atoms with E-state index in [9.17, 15) is 4.79 Å². The Morgan fingerprint density at radius 1 is 1.11 bits per heavy atom. The van der Waals surface area contributed by atoms with Gasteiger partial charge in [-0.15, -0.1) is 11.3 Å². The lowest BCUT2D eigenvalue weighted by molar-refractivity contribution is 0.214. The number of hydrogen-bond acceptors (Lipinski definition) is 5. The first-order valence-corrected chi connectivity index (χ1v) is 11.4. The predicted octanol–water partition coefficient (Wildman–Crippen LogP) is 3.51. The monoisotopic (exact) mass is 384 g/mol. The summed E-state index contributed by atoms with van der Waals surface area (Å²) in [6, 6.07) is 2.22. The van der Waals surface area contributed by atoms with Gasteiger partial charge in [-0.1, -0.05) is 12.8 Å². The quantitative estimate of drug-likeness (QED) is 0.792. The summed E-state index contributed by atoms with van der Waals surface area (Å²) in [6.45, 7) is 2.72. The van der Waals surface area contributed by atoms with Crippen molar-refractivity contribution in [3.8, 4) is 0 Å². The highest BCUT2D eigenvalue weighted by Crippen LogP contribution is 2.36. The Morgan fingerprint density at radius 2 is 2.00 bits per heavy atom. The molecule has 0 N–H and O–H groups in total. The first-order chi connectivity index (χ1) is 13.3. The van der Waals surface area contributed by atoms with Gasteiger partial charge in [-0.05, 0) is 57.1 Å². The zero-order valence-corrected chi connectivity index (χ0v) is 16.7. The zero-order valence-electron chi connectivity index (χ0n) is 15.9. The second-order valence-electron chi connectivity index (χ2n) is 8.42. The van der Waals surface area contributed by atoms with Crippen LogP contribution >= 0.6 is 11.3 Å². The maximum Gasteiger partial charge on any atom is 0.267 e. The van der Waals surface area contributed by atoms with Crippen LogP contribution in [0.1, 0.15) is 72.8 Å². The average molecular weight is 385 g/mol. The molecule has 2 aromatic rings. The number of thiazole rings is 1. The minimum Gasteiger partial charge on any atom is -0.293 e. The molecule has 1 unspecified atom stereocenters. The molecule has 2 aromatic heterocycles. The molecule has 2 aliphatic carbocycles. The van der Waals surface area contributed by atoms with Gasteiger partial charge in [0.05, 0.1) is 22.9 Å². The average Bonchev–Trinajstić information content (AvgIpc) is 3.43. The summed E-state index contributed by atoms with van der Waals surface area (Å²) in [5, 5.41) is 8.27. The van der Waals surface area contributed by atoms with Crippen LogP contribution in [0.3, 0.4) is 0 Å². The summed E-state index contributed by atoms with van der Waals surface area (Å²) < 4.78 is 1.72. The van der Waals surface area contributed by atoms with Gasteiger partial charge in [-0.2, -0.15) is 5.10 Å². The third-order valence-electron chi connectivity index (χ3n) is 6.55. The molecule has 1 saturated heterocycles. The van der Waals surface area contributed by atoms with E-state index in [0.29, 0.717) is 18.5 Å². The highest BCUT2D eigenvalue weighted by Gasteiger charge is 2.27. The molecular weight excluding hydrogens is 356 g/mol. The summed E-state index contributed by atoms with van der Waals surface area (Å²) in [7, 11) is 0. The van der Waals surface area contributed by atoms with Crippen molar-refractivity contribution in [2.24, 2.45) is 0 Å². The highest BCUT2D eigenvalue weighted by atomic mass is 32.1. The molecule has 6 heteroatoms. The van der Waals surface area contributed by atoms with Crippen molar-refractivity contribution in [3.05, 3.63) is 43.8 Å². The van der Waals surface area contributed by atoms with E-state index in [1.54, 1.807) is 4.68 Å². The molecule has 5 nitrogen and oxygen atoms in total. The molecule has 27 heavy (non-hydrogen) atoms. The number of aryl methyl sites for hydroxylation is 2. The van der Waals surface area contributed by atoms with Crippen molar-refractivity contribution >= 4 is 11.3 Å². The SMILES string of the molecule is O=c1cc2c(nn1CC1CCCN1Cc1csc(C3CCCC3)n1)CCC2. The lowest BCUT2D eigenvalue weighted by atomic mass is 10.1. The van der Waals surface area contributed by atoms with Crippen molar-refractivity contribution in [2.45, 2.75) is 82.8 Å². The van der Waals surface area contributed by atoms with Crippen molar-refractivity contribution in [3.63, 3.8) is 0 Å². The van der Waals surface area contributed by atoms with E-state index >= 15 is 0 Å². The number of hydrogen-bond donors (Lipinski definition) is 0. The minimum atomic E-state index is 0.0691. The molecule has 3 heterocycles. The van der Waals surface area contributed by atoms with Crippen LogP contribution in [0, 0.1) is 0 Å². The normalized spacial score (nSPS) is 23.3. The number of aromatic nitrogens is 3. The predicted molar refractivity (Wildman–Crippen MR) is 107 cm³/mol. The molecule has 0 radical (unpaired) electrons. The van der Waals surface area contributed by atoms with E-state index < -0.39 is 0 Å². The van der Waals surface area contributed by atoms with Crippen molar-refractivity contribution in [1.82, 2.24) is 19.7 Å². The van der Waals surface area contributed by atoms with Gasteiger partial charge in [-0.3, -0.25) is 9.69 Å². The molecule has 0 spiro atoms. The lowest BCUT2D eigenvalue weighted by Gasteiger charge is -2.24. The summed E-state index contributed by atoms with van der Waals surface area (Å²) in [5.74, 6) is 0.701. The standard InChI is InChI=1S/C21H28N4OS/c26-20-11-16-7-3-9-19(16)23-25(20)13-18-8-4-10-24(18)12-17-14-27-21(22-17)15-5-1-2-6-15/h11,14-15,18H,1-10,12-13H2. The first-order valence-electron chi connectivity index (χ1n) is 10.5. The molecule has 1 atom stereocenters. The van der Waals surface area contributed by atoms with Gasteiger partial charge < -0.3 is 0 Å². The van der Waals surface area contributed by atoms with Gasteiger partial charge >= 0.3 is 0 Å². The maximum absolute atomic E-state index is 12.5. The Hall–Kier alpha value is -1.53. The fourth-order valence-corrected chi connectivity index (χ4v) is 6.03. The summed E-state index contributed by atoms with van der Waals surface area (Å²) >= 11 is 1.85. The van der Waals surface area contributed by atoms with Gasteiger partial charge in [0.2, 0.25) is 0 Å². The van der Waals surface area contributed by atoms with Gasteiger partial charge in [0.15, 0.2) is 0 Å². The minimum absolute atomic E-state index is 0.0691. The maximum atomic E-state index is 12.5. The molecule has 0 bridgehead atoms. The Morgan fingerprint density at radius 3 is 2.89 bits per heavy atom. The zero-order chi connectivity index (χ0) is 18.2. The van der Waals surface area contributed by atoms with Crippen LogP contribution < -0.4 is 5.56 Å².